The van der Waals surface area contributed by atoms with E-state index >= 15 is 0 Å². The minimum atomic E-state index is 0.575. The summed E-state index contributed by atoms with van der Waals surface area (Å²) < 4.78 is 5.17. The molecular formula is C11H11ClN2O. The number of hydrogen-bond donors (Lipinski definition) is 1. The Balaban J connectivity index is 2.76. The molecular weight excluding hydrogens is 212 g/mol. The normalized spacial score (nSPS) is 10.3. The summed E-state index contributed by atoms with van der Waals surface area (Å²) >= 11 is 6.01. The van der Waals surface area contributed by atoms with Crippen molar-refractivity contribution in [1.82, 2.24) is 4.98 Å². The second-order valence-electron chi connectivity index (χ2n) is 3.11. The first kappa shape index (κ1) is 10.1. The van der Waals surface area contributed by atoms with Gasteiger partial charge in [-0.2, -0.15) is 0 Å². The topological polar surface area (TPSA) is 34.2 Å². The van der Waals surface area contributed by atoms with Crippen molar-refractivity contribution in [2.75, 3.05) is 19.5 Å². The molecule has 0 saturated heterocycles. The van der Waals surface area contributed by atoms with Gasteiger partial charge in [0.2, 0.25) is 0 Å². The molecule has 1 aromatic heterocycles. The Morgan fingerprint density at radius 1 is 1.40 bits per heavy atom. The molecule has 0 amide bonds. The summed E-state index contributed by atoms with van der Waals surface area (Å²) in [6.45, 7) is 0. The molecule has 0 aliphatic heterocycles. The van der Waals surface area contributed by atoms with Gasteiger partial charge in [-0.25, -0.2) is 0 Å². The lowest BCUT2D eigenvalue weighted by Gasteiger charge is -2.08. The average molecular weight is 223 g/mol. The van der Waals surface area contributed by atoms with Gasteiger partial charge in [-0.05, 0) is 18.2 Å². The smallest absolute Gasteiger partial charge is 0.138 e. The number of halogens is 1. The van der Waals surface area contributed by atoms with E-state index in [1.807, 2.05) is 19.2 Å². The van der Waals surface area contributed by atoms with Gasteiger partial charge in [0.05, 0.1) is 17.6 Å². The minimum Gasteiger partial charge on any atom is -0.495 e. The molecule has 1 heterocycles. The molecule has 0 fully saturated rings. The molecule has 4 heteroatoms. The summed E-state index contributed by atoms with van der Waals surface area (Å²) in [5, 5.41) is 4.68. The maximum atomic E-state index is 6.01. The van der Waals surface area contributed by atoms with Gasteiger partial charge in [0.15, 0.2) is 0 Å². The van der Waals surface area contributed by atoms with Crippen LogP contribution in [0.25, 0.3) is 10.9 Å². The summed E-state index contributed by atoms with van der Waals surface area (Å²) in [7, 11) is 3.47. The Morgan fingerprint density at radius 3 is 2.87 bits per heavy atom. The number of benzene rings is 1. The number of nitrogens with zero attached hydrogens (tertiary/aromatic N) is 1. The number of rotatable bonds is 2. The molecule has 0 radical (unpaired) electrons. The van der Waals surface area contributed by atoms with Crippen molar-refractivity contribution in [3.8, 4) is 5.75 Å². The minimum absolute atomic E-state index is 0.575. The zero-order valence-corrected chi connectivity index (χ0v) is 9.30. The van der Waals surface area contributed by atoms with Gasteiger partial charge in [0.25, 0.3) is 0 Å². The fraction of sp³-hybridized carbons (Fsp3) is 0.182. The third-order valence-electron chi connectivity index (χ3n) is 2.28. The quantitative estimate of drug-likeness (QED) is 0.849. The highest BCUT2D eigenvalue weighted by Crippen LogP contribution is 2.32. The van der Waals surface area contributed by atoms with Gasteiger partial charge in [0, 0.05) is 24.3 Å². The number of nitrogens with one attached hydrogen (secondary N) is 1. The fourth-order valence-electron chi connectivity index (χ4n) is 1.52. The van der Waals surface area contributed by atoms with Gasteiger partial charge >= 0.3 is 0 Å². The van der Waals surface area contributed by atoms with Crippen LogP contribution in [-0.2, 0) is 0 Å². The van der Waals surface area contributed by atoms with Crippen LogP contribution in [0.4, 0.5) is 5.69 Å². The first-order chi connectivity index (χ1) is 7.26. The summed E-state index contributed by atoms with van der Waals surface area (Å²) in [5.41, 5.74) is 1.86. The molecule has 2 rings (SSSR count). The number of anilines is 1. The average Bonchev–Trinajstić information content (AvgIpc) is 2.27. The van der Waals surface area contributed by atoms with Crippen LogP contribution in [0.5, 0.6) is 5.75 Å². The molecule has 2 aromatic rings. The molecule has 0 bridgehead atoms. The molecule has 78 valence electrons. The highest BCUT2D eigenvalue weighted by molar-refractivity contribution is 6.32. The fourth-order valence-corrected chi connectivity index (χ4v) is 1.76. The molecule has 0 aliphatic carbocycles. The summed E-state index contributed by atoms with van der Waals surface area (Å²) in [4.78, 5) is 4.25. The molecule has 1 aromatic carbocycles. The van der Waals surface area contributed by atoms with Crippen LogP contribution in [0.3, 0.4) is 0 Å². The number of ether oxygens (including phenoxy) is 1. The Hall–Kier alpha value is -1.48. The Morgan fingerprint density at radius 2 is 2.20 bits per heavy atom. The van der Waals surface area contributed by atoms with Gasteiger partial charge in [-0.1, -0.05) is 11.6 Å². The maximum absolute atomic E-state index is 6.01. The number of aromatic nitrogens is 1. The largest absolute Gasteiger partial charge is 0.495 e. The van der Waals surface area contributed by atoms with Gasteiger partial charge in [0.1, 0.15) is 5.75 Å². The predicted molar refractivity (Wildman–Crippen MR) is 62.9 cm³/mol. The molecule has 0 aliphatic rings. The van der Waals surface area contributed by atoms with Crippen LogP contribution < -0.4 is 10.1 Å². The standard InChI is InChI=1S/C11H11ClN2O/c1-13-9-3-4-14-10-6-8(12)11(15-2)5-7(9)10/h3-6H,1-2H3,(H,13,14). The number of pyridine rings is 1. The van der Waals surface area contributed by atoms with Crippen LogP contribution in [0.2, 0.25) is 5.02 Å². The maximum Gasteiger partial charge on any atom is 0.138 e. The van der Waals surface area contributed by atoms with Crippen LogP contribution >= 0.6 is 11.6 Å². The van der Waals surface area contributed by atoms with Crippen LogP contribution in [0, 0.1) is 0 Å². The van der Waals surface area contributed by atoms with Crippen LogP contribution in [0.15, 0.2) is 24.4 Å². The lowest BCUT2D eigenvalue weighted by Crippen LogP contribution is -1.92. The molecule has 0 spiro atoms. The SMILES string of the molecule is CNc1ccnc2cc(Cl)c(OC)cc12. The second kappa shape index (κ2) is 3.95. The Labute approximate surface area is 93.0 Å². The second-order valence-corrected chi connectivity index (χ2v) is 3.52. The monoisotopic (exact) mass is 222 g/mol. The van der Waals surface area contributed by atoms with Crippen molar-refractivity contribution in [1.29, 1.82) is 0 Å². The molecule has 0 atom stereocenters. The highest BCUT2D eigenvalue weighted by atomic mass is 35.5. The Bertz CT molecular complexity index is 499. The lowest BCUT2D eigenvalue weighted by atomic mass is 10.2. The third kappa shape index (κ3) is 1.70. The van der Waals surface area contributed by atoms with Crippen molar-refractivity contribution in [2.45, 2.75) is 0 Å². The van der Waals surface area contributed by atoms with Crippen molar-refractivity contribution in [3.63, 3.8) is 0 Å². The number of hydrogen-bond acceptors (Lipinski definition) is 3. The Kier molecular flexibility index (Phi) is 2.64. The van der Waals surface area contributed by atoms with E-state index in [1.54, 1.807) is 19.4 Å². The van der Waals surface area contributed by atoms with Gasteiger partial charge in [-0.15, -0.1) is 0 Å². The highest BCUT2D eigenvalue weighted by Gasteiger charge is 2.06. The number of methoxy groups -OCH3 is 1. The van der Waals surface area contributed by atoms with E-state index in [0.29, 0.717) is 10.8 Å². The molecule has 3 nitrogen and oxygen atoms in total. The van der Waals surface area contributed by atoms with Crippen molar-refractivity contribution >= 4 is 28.2 Å². The zero-order chi connectivity index (χ0) is 10.8. The third-order valence-corrected chi connectivity index (χ3v) is 2.58. The van der Waals surface area contributed by atoms with E-state index < -0.39 is 0 Å². The summed E-state index contributed by atoms with van der Waals surface area (Å²) in [5.74, 6) is 0.661. The summed E-state index contributed by atoms with van der Waals surface area (Å²) in [6.07, 6.45) is 1.75. The first-order valence-electron chi connectivity index (χ1n) is 4.56. The zero-order valence-electron chi connectivity index (χ0n) is 8.54. The summed E-state index contributed by atoms with van der Waals surface area (Å²) in [6, 6.07) is 5.60. The van der Waals surface area contributed by atoms with E-state index in [0.717, 1.165) is 16.6 Å². The van der Waals surface area contributed by atoms with Gasteiger partial charge in [-0.3, -0.25) is 4.98 Å². The first-order valence-corrected chi connectivity index (χ1v) is 4.94. The van der Waals surface area contributed by atoms with Crippen LogP contribution in [0.1, 0.15) is 0 Å². The number of fused-ring (bicyclic) bond motifs is 1. The molecule has 0 saturated carbocycles. The van der Waals surface area contributed by atoms with E-state index in [1.165, 1.54) is 0 Å². The van der Waals surface area contributed by atoms with E-state index in [9.17, 15) is 0 Å². The molecule has 1 N–H and O–H groups in total. The molecule has 0 unspecified atom stereocenters. The predicted octanol–water partition coefficient (Wildman–Crippen LogP) is 2.94. The van der Waals surface area contributed by atoms with Gasteiger partial charge < -0.3 is 10.1 Å². The molecule has 15 heavy (non-hydrogen) atoms. The van der Waals surface area contributed by atoms with Crippen LogP contribution in [-0.4, -0.2) is 19.1 Å². The lowest BCUT2D eigenvalue weighted by molar-refractivity contribution is 0.415. The van der Waals surface area contributed by atoms with Crippen molar-refractivity contribution in [3.05, 3.63) is 29.4 Å². The van der Waals surface area contributed by atoms with E-state index in [4.69, 9.17) is 16.3 Å². The van der Waals surface area contributed by atoms with Crippen molar-refractivity contribution in [2.24, 2.45) is 0 Å². The van der Waals surface area contributed by atoms with Crippen molar-refractivity contribution < 1.29 is 4.74 Å². The van der Waals surface area contributed by atoms with E-state index in [2.05, 4.69) is 10.3 Å². The van der Waals surface area contributed by atoms with E-state index in [-0.39, 0.29) is 0 Å².